The number of nitrogens with zero attached hydrogens (tertiary/aromatic N) is 3. The summed E-state index contributed by atoms with van der Waals surface area (Å²) in [6, 6.07) is 6.16. The zero-order valence-electron chi connectivity index (χ0n) is 11.2. The number of nitrogens with two attached hydrogens (primary N) is 1. The summed E-state index contributed by atoms with van der Waals surface area (Å²) in [4.78, 5) is 18.7. The Morgan fingerprint density at radius 2 is 2.15 bits per heavy atom. The smallest absolute Gasteiger partial charge is 0.311 e. The zero-order chi connectivity index (χ0) is 14.7. The Kier molecular flexibility index (Phi) is 3.79. The second kappa shape index (κ2) is 5.52. The Morgan fingerprint density at radius 3 is 2.80 bits per heavy atom. The van der Waals surface area contributed by atoms with Gasteiger partial charge in [-0.1, -0.05) is 19.1 Å². The van der Waals surface area contributed by atoms with Crippen LogP contribution in [0, 0.1) is 17.0 Å². The SMILES string of the molecule is CCc1nc(N)cc(Oc2c(C)cccc2[N+](=O)[O-])n1. The number of hydrogen-bond acceptors (Lipinski definition) is 6. The first-order valence-corrected chi connectivity index (χ1v) is 6.06. The van der Waals surface area contributed by atoms with Gasteiger partial charge in [-0.3, -0.25) is 10.1 Å². The van der Waals surface area contributed by atoms with E-state index >= 15 is 0 Å². The number of benzene rings is 1. The lowest BCUT2D eigenvalue weighted by Gasteiger charge is -2.09. The molecular formula is C13H14N4O3. The van der Waals surface area contributed by atoms with E-state index in [1.54, 1.807) is 19.1 Å². The molecule has 0 amide bonds. The van der Waals surface area contributed by atoms with E-state index < -0.39 is 4.92 Å². The van der Waals surface area contributed by atoms with Gasteiger partial charge in [-0.05, 0) is 12.5 Å². The topological polar surface area (TPSA) is 104 Å². The molecular weight excluding hydrogens is 260 g/mol. The highest BCUT2D eigenvalue weighted by atomic mass is 16.6. The van der Waals surface area contributed by atoms with Crippen LogP contribution >= 0.6 is 0 Å². The number of aromatic nitrogens is 2. The van der Waals surface area contributed by atoms with Gasteiger partial charge in [-0.25, -0.2) is 4.98 Å². The van der Waals surface area contributed by atoms with Gasteiger partial charge < -0.3 is 10.5 Å². The van der Waals surface area contributed by atoms with Gasteiger partial charge in [0, 0.05) is 18.6 Å². The molecule has 1 heterocycles. The summed E-state index contributed by atoms with van der Waals surface area (Å²) >= 11 is 0. The zero-order valence-corrected chi connectivity index (χ0v) is 11.2. The van der Waals surface area contributed by atoms with Crippen molar-refractivity contribution >= 4 is 11.5 Å². The third-order valence-corrected chi connectivity index (χ3v) is 2.68. The van der Waals surface area contributed by atoms with Gasteiger partial charge in [0.1, 0.15) is 11.6 Å². The Balaban J connectivity index is 2.44. The number of rotatable bonds is 4. The first-order valence-electron chi connectivity index (χ1n) is 6.06. The maximum Gasteiger partial charge on any atom is 0.311 e. The van der Waals surface area contributed by atoms with Crippen molar-refractivity contribution in [3.8, 4) is 11.6 Å². The van der Waals surface area contributed by atoms with Crippen LogP contribution in [0.25, 0.3) is 0 Å². The van der Waals surface area contributed by atoms with Gasteiger partial charge >= 0.3 is 5.69 Å². The molecule has 2 aromatic rings. The first kappa shape index (κ1) is 13.7. The van der Waals surface area contributed by atoms with Crippen molar-refractivity contribution in [3.63, 3.8) is 0 Å². The van der Waals surface area contributed by atoms with Gasteiger partial charge in [0.2, 0.25) is 11.6 Å². The molecule has 0 spiro atoms. The van der Waals surface area contributed by atoms with Crippen molar-refractivity contribution in [2.24, 2.45) is 0 Å². The van der Waals surface area contributed by atoms with Gasteiger partial charge in [0.15, 0.2) is 0 Å². The molecule has 0 fully saturated rings. The molecule has 0 unspecified atom stereocenters. The van der Waals surface area contributed by atoms with Crippen LogP contribution in [-0.4, -0.2) is 14.9 Å². The van der Waals surface area contributed by atoms with Gasteiger partial charge in [0.05, 0.1) is 4.92 Å². The van der Waals surface area contributed by atoms with Crippen molar-refractivity contribution < 1.29 is 9.66 Å². The predicted octanol–water partition coefficient (Wildman–Crippen LogP) is 2.63. The molecule has 1 aromatic carbocycles. The molecule has 0 bridgehead atoms. The maximum atomic E-state index is 11.0. The van der Waals surface area contributed by atoms with Gasteiger partial charge in [-0.2, -0.15) is 4.98 Å². The lowest BCUT2D eigenvalue weighted by atomic mass is 10.2. The van der Waals surface area contributed by atoms with Crippen LogP contribution in [0.5, 0.6) is 11.6 Å². The third-order valence-electron chi connectivity index (χ3n) is 2.68. The summed E-state index contributed by atoms with van der Waals surface area (Å²) in [6.07, 6.45) is 0.595. The van der Waals surface area contributed by atoms with Gasteiger partial charge in [-0.15, -0.1) is 0 Å². The molecule has 2 rings (SSSR count). The highest BCUT2D eigenvalue weighted by molar-refractivity contribution is 5.53. The fraction of sp³-hybridized carbons (Fsp3) is 0.231. The lowest BCUT2D eigenvalue weighted by Crippen LogP contribution is -2.02. The molecule has 7 heteroatoms. The largest absolute Gasteiger partial charge is 0.431 e. The second-order valence-corrected chi connectivity index (χ2v) is 4.18. The van der Waals surface area contributed by atoms with E-state index in [9.17, 15) is 10.1 Å². The first-order chi connectivity index (χ1) is 9.51. The molecule has 2 N–H and O–H groups in total. The molecule has 104 valence electrons. The Morgan fingerprint density at radius 1 is 1.40 bits per heavy atom. The van der Waals surface area contributed by atoms with Crippen LogP contribution in [-0.2, 0) is 6.42 Å². The molecule has 0 atom stereocenters. The fourth-order valence-corrected chi connectivity index (χ4v) is 1.72. The molecule has 0 aliphatic carbocycles. The van der Waals surface area contributed by atoms with E-state index in [0.29, 0.717) is 17.8 Å². The monoisotopic (exact) mass is 274 g/mol. The number of nitro groups is 1. The van der Waals surface area contributed by atoms with Crippen LogP contribution in [0.15, 0.2) is 24.3 Å². The quantitative estimate of drug-likeness (QED) is 0.678. The summed E-state index contributed by atoms with van der Waals surface area (Å²) in [7, 11) is 0. The molecule has 7 nitrogen and oxygen atoms in total. The van der Waals surface area contributed by atoms with E-state index in [0.717, 1.165) is 0 Å². The van der Waals surface area contributed by atoms with E-state index in [4.69, 9.17) is 10.5 Å². The number of ether oxygens (including phenoxy) is 1. The molecule has 0 radical (unpaired) electrons. The van der Waals surface area contributed by atoms with Gasteiger partial charge in [0.25, 0.3) is 0 Å². The standard InChI is InChI=1S/C13H14N4O3/c1-3-11-15-10(14)7-12(16-11)20-13-8(2)5-4-6-9(13)17(18)19/h4-7H,3H2,1-2H3,(H2,14,15,16). The van der Waals surface area contributed by atoms with Crippen LogP contribution in [0.1, 0.15) is 18.3 Å². The summed E-state index contributed by atoms with van der Waals surface area (Å²) in [6.45, 7) is 3.61. The second-order valence-electron chi connectivity index (χ2n) is 4.18. The lowest BCUT2D eigenvalue weighted by molar-refractivity contribution is -0.385. The van der Waals surface area contributed by atoms with Crippen LogP contribution in [0.4, 0.5) is 11.5 Å². The third kappa shape index (κ3) is 2.82. The Labute approximate surface area is 115 Å². The minimum absolute atomic E-state index is 0.111. The minimum atomic E-state index is -0.492. The van der Waals surface area contributed by atoms with Crippen LogP contribution in [0.3, 0.4) is 0 Å². The highest BCUT2D eigenvalue weighted by Gasteiger charge is 2.18. The van der Waals surface area contributed by atoms with Crippen molar-refractivity contribution in [1.82, 2.24) is 9.97 Å². The van der Waals surface area contributed by atoms with Crippen LogP contribution < -0.4 is 10.5 Å². The number of hydrogen-bond donors (Lipinski definition) is 1. The Bertz CT molecular complexity index is 658. The molecule has 20 heavy (non-hydrogen) atoms. The number of para-hydroxylation sites is 1. The number of nitro benzene ring substituents is 1. The molecule has 0 saturated heterocycles. The molecule has 0 aliphatic rings. The average molecular weight is 274 g/mol. The number of anilines is 1. The summed E-state index contributed by atoms with van der Waals surface area (Å²) in [5.41, 5.74) is 6.20. The summed E-state index contributed by atoms with van der Waals surface area (Å²) < 4.78 is 5.55. The minimum Gasteiger partial charge on any atom is -0.431 e. The average Bonchev–Trinajstić information content (AvgIpc) is 2.40. The van der Waals surface area contributed by atoms with E-state index in [1.165, 1.54) is 12.1 Å². The molecule has 0 aliphatic heterocycles. The fourth-order valence-electron chi connectivity index (χ4n) is 1.72. The van der Waals surface area contributed by atoms with Crippen LogP contribution in [0.2, 0.25) is 0 Å². The van der Waals surface area contributed by atoms with Crippen molar-refractivity contribution in [2.75, 3.05) is 5.73 Å². The predicted molar refractivity (Wildman–Crippen MR) is 73.7 cm³/mol. The summed E-state index contributed by atoms with van der Waals surface area (Å²) in [5.74, 6) is 1.16. The van der Waals surface area contributed by atoms with E-state index in [1.807, 2.05) is 6.92 Å². The van der Waals surface area contributed by atoms with Crippen molar-refractivity contribution in [3.05, 3.63) is 45.8 Å². The highest BCUT2D eigenvalue weighted by Crippen LogP contribution is 2.33. The van der Waals surface area contributed by atoms with Crippen molar-refractivity contribution in [2.45, 2.75) is 20.3 Å². The molecule has 1 aromatic heterocycles. The number of nitrogen functional groups attached to an aromatic ring is 1. The van der Waals surface area contributed by atoms with E-state index in [-0.39, 0.29) is 23.1 Å². The van der Waals surface area contributed by atoms with E-state index in [2.05, 4.69) is 9.97 Å². The summed E-state index contributed by atoms with van der Waals surface area (Å²) in [5, 5.41) is 11.0. The number of aryl methyl sites for hydroxylation is 2. The molecule has 0 saturated carbocycles. The Hall–Kier alpha value is -2.70. The maximum absolute atomic E-state index is 11.0. The van der Waals surface area contributed by atoms with Crippen molar-refractivity contribution in [1.29, 1.82) is 0 Å². The normalized spacial score (nSPS) is 10.3.